The molecular weight excluding hydrogens is 262 g/mol. The van der Waals surface area contributed by atoms with Crippen molar-refractivity contribution < 1.29 is 8.42 Å². The van der Waals surface area contributed by atoms with E-state index in [0.717, 1.165) is 12.5 Å². The largest absolute Gasteiger partial charge is 0.357 e. The van der Waals surface area contributed by atoms with Gasteiger partial charge in [0.1, 0.15) is 9.84 Å². The van der Waals surface area contributed by atoms with Gasteiger partial charge in [-0.15, -0.1) is 6.58 Å². The summed E-state index contributed by atoms with van der Waals surface area (Å²) in [5.41, 5.74) is -0.139. The van der Waals surface area contributed by atoms with E-state index in [4.69, 9.17) is 0 Å². The summed E-state index contributed by atoms with van der Waals surface area (Å²) in [6, 6.07) is 0. The molecule has 0 saturated heterocycles. The molecule has 19 heavy (non-hydrogen) atoms. The highest BCUT2D eigenvalue weighted by molar-refractivity contribution is 7.90. The molecule has 112 valence electrons. The fraction of sp³-hybridized carbons (Fsp3) is 0.769. The Morgan fingerprint density at radius 3 is 2.47 bits per heavy atom. The van der Waals surface area contributed by atoms with Crippen LogP contribution >= 0.6 is 0 Å². The predicted octanol–water partition coefficient (Wildman–Crippen LogP) is 1.19. The first-order valence-electron chi connectivity index (χ1n) is 6.51. The van der Waals surface area contributed by atoms with E-state index in [9.17, 15) is 8.42 Å². The summed E-state index contributed by atoms with van der Waals surface area (Å²) in [5, 5.41) is 6.25. The van der Waals surface area contributed by atoms with Crippen LogP contribution in [0.15, 0.2) is 17.6 Å². The zero-order chi connectivity index (χ0) is 14.9. The van der Waals surface area contributed by atoms with Crippen LogP contribution in [0.5, 0.6) is 0 Å². The van der Waals surface area contributed by atoms with Crippen LogP contribution in [0.3, 0.4) is 0 Å². The smallest absolute Gasteiger partial charge is 0.191 e. The molecule has 0 rings (SSSR count). The third-order valence-electron chi connectivity index (χ3n) is 2.57. The van der Waals surface area contributed by atoms with Crippen molar-refractivity contribution in [3.63, 3.8) is 0 Å². The van der Waals surface area contributed by atoms with E-state index in [0.29, 0.717) is 19.5 Å². The van der Waals surface area contributed by atoms with Crippen LogP contribution < -0.4 is 10.6 Å². The quantitative estimate of drug-likeness (QED) is 0.400. The van der Waals surface area contributed by atoms with Gasteiger partial charge >= 0.3 is 0 Å². The second-order valence-corrected chi connectivity index (χ2v) is 7.67. The van der Waals surface area contributed by atoms with Crippen LogP contribution in [0.2, 0.25) is 0 Å². The molecule has 6 heteroatoms. The Balaban J connectivity index is 4.46. The minimum atomic E-state index is -2.91. The van der Waals surface area contributed by atoms with Crippen LogP contribution in [0.4, 0.5) is 0 Å². The topological polar surface area (TPSA) is 70.6 Å². The summed E-state index contributed by atoms with van der Waals surface area (Å²) >= 11 is 0. The van der Waals surface area contributed by atoms with Gasteiger partial charge in [-0.3, -0.25) is 4.99 Å². The SMILES string of the molecule is C=CCNC(=NCC(C)(C)CCS(C)(=O)=O)NCC. The molecule has 0 aliphatic rings. The third kappa shape index (κ3) is 10.6. The average molecular weight is 289 g/mol. The van der Waals surface area contributed by atoms with Crippen molar-refractivity contribution in [3.8, 4) is 0 Å². The van der Waals surface area contributed by atoms with E-state index in [2.05, 4.69) is 22.2 Å². The van der Waals surface area contributed by atoms with Crippen LogP contribution in [-0.2, 0) is 9.84 Å². The summed E-state index contributed by atoms with van der Waals surface area (Å²) in [4.78, 5) is 4.48. The normalized spacial score (nSPS) is 13.2. The molecule has 0 aromatic rings. The van der Waals surface area contributed by atoms with Crippen molar-refractivity contribution in [3.05, 3.63) is 12.7 Å². The second-order valence-electron chi connectivity index (χ2n) is 5.41. The van der Waals surface area contributed by atoms with Gasteiger partial charge in [0.25, 0.3) is 0 Å². The Bertz CT molecular complexity index is 400. The molecular formula is C13H27N3O2S. The maximum atomic E-state index is 11.2. The second kappa shape index (κ2) is 8.19. The Kier molecular flexibility index (Phi) is 7.75. The number of nitrogens with zero attached hydrogens (tertiary/aromatic N) is 1. The lowest BCUT2D eigenvalue weighted by Gasteiger charge is -2.22. The molecule has 2 N–H and O–H groups in total. The van der Waals surface area contributed by atoms with Crippen molar-refractivity contribution in [2.24, 2.45) is 10.4 Å². The van der Waals surface area contributed by atoms with E-state index in [1.54, 1.807) is 6.08 Å². The summed E-state index contributed by atoms with van der Waals surface area (Å²) in [6.07, 6.45) is 3.64. The van der Waals surface area contributed by atoms with Gasteiger partial charge in [-0.05, 0) is 18.8 Å². The maximum absolute atomic E-state index is 11.2. The van der Waals surface area contributed by atoms with Gasteiger partial charge in [0.05, 0.1) is 5.75 Å². The first kappa shape index (κ1) is 18.0. The molecule has 0 aromatic carbocycles. The molecule has 0 heterocycles. The van der Waals surface area contributed by atoms with Gasteiger partial charge in [-0.25, -0.2) is 8.42 Å². The first-order chi connectivity index (χ1) is 8.70. The van der Waals surface area contributed by atoms with Crippen molar-refractivity contribution in [1.82, 2.24) is 10.6 Å². The minimum absolute atomic E-state index is 0.139. The summed E-state index contributed by atoms with van der Waals surface area (Å²) in [6.45, 7) is 11.7. The number of hydrogen-bond donors (Lipinski definition) is 2. The molecule has 0 atom stereocenters. The number of guanidine groups is 1. The van der Waals surface area contributed by atoms with E-state index in [1.807, 2.05) is 20.8 Å². The van der Waals surface area contributed by atoms with E-state index >= 15 is 0 Å². The van der Waals surface area contributed by atoms with Gasteiger partial charge in [-0.2, -0.15) is 0 Å². The van der Waals surface area contributed by atoms with Gasteiger partial charge in [0.2, 0.25) is 0 Å². The zero-order valence-electron chi connectivity index (χ0n) is 12.5. The molecule has 0 amide bonds. The Morgan fingerprint density at radius 1 is 1.37 bits per heavy atom. The van der Waals surface area contributed by atoms with Crippen LogP contribution in [0.1, 0.15) is 27.2 Å². The molecule has 0 saturated carbocycles. The van der Waals surface area contributed by atoms with E-state index in [1.165, 1.54) is 6.26 Å². The molecule has 0 aromatic heterocycles. The lowest BCUT2D eigenvalue weighted by atomic mass is 9.90. The highest BCUT2D eigenvalue weighted by Crippen LogP contribution is 2.21. The lowest BCUT2D eigenvalue weighted by Crippen LogP contribution is -2.38. The number of hydrogen-bond acceptors (Lipinski definition) is 3. The molecule has 5 nitrogen and oxygen atoms in total. The van der Waals surface area contributed by atoms with Crippen LogP contribution in [0.25, 0.3) is 0 Å². The highest BCUT2D eigenvalue weighted by atomic mass is 32.2. The fourth-order valence-corrected chi connectivity index (χ4v) is 2.27. The number of rotatable bonds is 8. The van der Waals surface area contributed by atoms with Crippen molar-refractivity contribution >= 4 is 15.8 Å². The highest BCUT2D eigenvalue weighted by Gasteiger charge is 2.20. The Morgan fingerprint density at radius 2 is 2.00 bits per heavy atom. The third-order valence-corrected chi connectivity index (χ3v) is 3.52. The minimum Gasteiger partial charge on any atom is -0.357 e. The molecule has 0 radical (unpaired) electrons. The van der Waals surface area contributed by atoms with Gasteiger partial charge in [0, 0.05) is 25.9 Å². The van der Waals surface area contributed by atoms with Crippen LogP contribution in [0, 0.1) is 5.41 Å². The monoisotopic (exact) mass is 289 g/mol. The maximum Gasteiger partial charge on any atom is 0.191 e. The van der Waals surface area contributed by atoms with Crippen molar-refractivity contribution in [2.45, 2.75) is 27.2 Å². The van der Waals surface area contributed by atoms with Gasteiger partial charge in [-0.1, -0.05) is 19.9 Å². The number of aliphatic imine (C=N–C) groups is 1. The molecule has 0 unspecified atom stereocenters. The molecule has 0 spiro atoms. The number of nitrogens with one attached hydrogen (secondary N) is 2. The predicted molar refractivity (Wildman–Crippen MR) is 82.3 cm³/mol. The summed E-state index contributed by atoms with van der Waals surface area (Å²) < 4.78 is 22.4. The van der Waals surface area contributed by atoms with Crippen molar-refractivity contribution in [2.75, 3.05) is 31.6 Å². The number of sulfone groups is 1. The van der Waals surface area contributed by atoms with Gasteiger partial charge in [0.15, 0.2) is 5.96 Å². The Hall–Kier alpha value is -1.04. The average Bonchev–Trinajstić information content (AvgIpc) is 2.30. The molecule has 0 bridgehead atoms. The Labute approximate surface area is 117 Å². The van der Waals surface area contributed by atoms with Gasteiger partial charge < -0.3 is 10.6 Å². The van der Waals surface area contributed by atoms with E-state index < -0.39 is 9.84 Å². The summed E-state index contributed by atoms with van der Waals surface area (Å²) in [5.74, 6) is 0.932. The first-order valence-corrected chi connectivity index (χ1v) is 8.57. The molecule has 0 fully saturated rings. The standard InChI is InChI=1S/C13H27N3O2S/c1-6-9-15-12(14-7-2)16-11-13(3,4)8-10-19(5,17)18/h6H,1,7-11H2,2-5H3,(H2,14,15,16). The zero-order valence-corrected chi connectivity index (χ0v) is 13.3. The fourth-order valence-electron chi connectivity index (χ4n) is 1.34. The summed E-state index contributed by atoms with van der Waals surface area (Å²) in [7, 11) is -2.91. The van der Waals surface area contributed by atoms with E-state index in [-0.39, 0.29) is 11.2 Å². The molecule has 0 aliphatic carbocycles. The molecule has 0 aliphatic heterocycles. The van der Waals surface area contributed by atoms with Crippen LogP contribution in [-0.4, -0.2) is 46.0 Å². The lowest BCUT2D eigenvalue weighted by molar-refractivity contribution is 0.365. The van der Waals surface area contributed by atoms with Crippen molar-refractivity contribution in [1.29, 1.82) is 0 Å².